The fourth-order valence-electron chi connectivity index (χ4n) is 4.04. The third-order valence-electron chi connectivity index (χ3n) is 5.78. The predicted octanol–water partition coefficient (Wildman–Crippen LogP) is 4.76. The van der Waals surface area contributed by atoms with E-state index in [0.29, 0.717) is 23.7 Å². The average molecular weight is 546 g/mol. The number of ether oxygens (including phenoxy) is 1. The van der Waals surface area contributed by atoms with E-state index < -0.39 is 0 Å². The monoisotopic (exact) mass is 545 g/mol. The van der Waals surface area contributed by atoms with Crippen LogP contribution >= 0.6 is 15.9 Å². The number of hydrogen-bond donors (Lipinski definition) is 2. The number of benzene rings is 3. The second-order valence-corrected chi connectivity index (χ2v) is 9.03. The summed E-state index contributed by atoms with van der Waals surface area (Å²) in [5.41, 5.74) is 3.46. The van der Waals surface area contributed by atoms with Crippen molar-refractivity contribution in [3.05, 3.63) is 94.0 Å². The number of amides is 1. The highest BCUT2D eigenvalue weighted by Gasteiger charge is 2.18. The molecule has 0 saturated heterocycles. The Hall–Kier alpha value is -4.05. The van der Waals surface area contributed by atoms with Gasteiger partial charge < -0.3 is 10.1 Å². The molecular weight excluding hydrogens is 522 g/mol. The van der Waals surface area contributed by atoms with Crippen LogP contribution in [-0.2, 0) is 19.6 Å². The molecule has 0 unspecified atom stereocenters. The number of rotatable bonds is 9. The van der Waals surface area contributed by atoms with E-state index in [2.05, 4.69) is 60.0 Å². The Balaban J connectivity index is 1.30. The second kappa shape index (κ2) is 10.7. The third-order valence-corrected chi connectivity index (χ3v) is 6.60. The summed E-state index contributed by atoms with van der Waals surface area (Å²) < 4.78 is 8.51. The second-order valence-electron chi connectivity index (χ2n) is 8.23. The fourth-order valence-corrected chi connectivity index (χ4v) is 4.65. The molecule has 0 radical (unpaired) electrons. The highest BCUT2D eigenvalue weighted by molar-refractivity contribution is 9.10. The zero-order chi connectivity index (χ0) is 24.9. The molecule has 2 aromatic heterocycles. The minimum absolute atomic E-state index is 0.132. The normalized spacial score (nSPS) is 11.1. The molecule has 5 aromatic rings. The molecule has 0 spiro atoms. The van der Waals surface area contributed by atoms with E-state index in [1.54, 1.807) is 6.20 Å². The van der Waals surface area contributed by atoms with E-state index in [0.717, 1.165) is 45.0 Å². The van der Waals surface area contributed by atoms with Crippen LogP contribution < -0.4 is 10.1 Å². The molecule has 0 saturated carbocycles. The molecule has 0 aliphatic rings. The molecule has 5 rings (SSSR count). The van der Waals surface area contributed by atoms with Gasteiger partial charge in [0.15, 0.2) is 6.61 Å². The van der Waals surface area contributed by atoms with Gasteiger partial charge in [0.05, 0.1) is 27.6 Å². The van der Waals surface area contributed by atoms with Gasteiger partial charge in [0.1, 0.15) is 5.75 Å². The maximum Gasteiger partial charge on any atom is 0.255 e. The lowest BCUT2D eigenvalue weighted by molar-refractivity contribution is 0.0950. The number of H-pyrrole nitrogens is 1. The molecular formula is C26H24BrN7O2. The smallest absolute Gasteiger partial charge is 0.255 e. The van der Waals surface area contributed by atoms with E-state index in [9.17, 15) is 4.79 Å². The van der Waals surface area contributed by atoms with Gasteiger partial charge >= 0.3 is 0 Å². The molecule has 0 fully saturated rings. The molecule has 2 heterocycles. The van der Waals surface area contributed by atoms with Gasteiger partial charge in [-0.1, -0.05) is 55.0 Å². The SMILES string of the molecule is CCCc1c(C(=O)NCc2ccc3c(Br)c(OCc4nn[nH]n4)ccc3c2)cnn1-c1ccccc1. The summed E-state index contributed by atoms with van der Waals surface area (Å²) in [6.07, 6.45) is 3.33. The van der Waals surface area contributed by atoms with Gasteiger partial charge in [0, 0.05) is 6.54 Å². The van der Waals surface area contributed by atoms with Crippen molar-refractivity contribution in [2.75, 3.05) is 0 Å². The molecule has 0 bridgehead atoms. The van der Waals surface area contributed by atoms with Crippen LogP contribution in [0.1, 0.15) is 40.8 Å². The summed E-state index contributed by atoms with van der Waals surface area (Å²) in [5.74, 6) is 1.03. The summed E-state index contributed by atoms with van der Waals surface area (Å²) in [4.78, 5) is 13.1. The lowest BCUT2D eigenvalue weighted by atomic mass is 10.1. The summed E-state index contributed by atoms with van der Waals surface area (Å²) in [7, 11) is 0. The summed E-state index contributed by atoms with van der Waals surface area (Å²) >= 11 is 3.64. The van der Waals surface area contributed by atoms with Crippen LogP contribution in [-0.4, -0.2) is 36.3 Å². The van der Waals surface area contributed by atoms with Crippen LogP contribution in [0.3, 0.4) is 0 Å². The number of nitrogens with zero attached hydrogens (tertiary/aromatic N) is 5. The van der Waals surface area contributed by atoms with Crippen LogP contribution in [0.25, 0.3) is 16.5 Å². The lowest BCUT2D eigenvalue weighted by Crippen LogP contribution is -2.24. The van der Waals surface area contributed by atoms with E-state index in [4.69, 9.17) is 4.74 Å². The molecule has 1 amide bonds. The maximum absolute atomic E-state index is 13.1. The topological polar surface area (TPSA) is 111 Å². The summed E-state index contributed by atoms with van der Waals surface area (Å²) in [6, 6.07) is 19.8. The van der Waals surface area contributed by atoms with Gasteiger partial charge in [-0.15, -0.1) is 10.2 Å². The Kier molecular flexibility index (Phi) is 7.03. The summed E-state index contributed by atoms with van der Waals surface area (Å²) in [6.45, 7) is 2.72. The summed E-state index contributed by atoms with van der Waals surface area (Å²) in [5, 5.41) is 23.3. The zero-order valence-electron chi connectivity index (χ0n) is 19.6. The number of nitrogens with one attached hydrogen (secondary N) is 2. The van der Waals surface area contributed by atoms with Crippen LogP contribution in [0.15, 0.2) is 71.3 Å². The first kappa shape index (κ1) is 23.7. The number of carbonyl (C=O) groups is 1. The van der Waals surface area contributed by atoms with Gasteiger partial charge in [-0.2, -0.15) is 10.3 Å². The molecule has 9 nitrogen and oxygen atoms in total. The largest absolute Gasteiger partial charge is 0.484 e. The van der Waals surface area contributed by atoms with E-state index >= 15 is 0 Å². The van der Waals surface area contributed by atoms with Crippen molar-refractivity contribution >= 4 is 32.6 Å². The van der Waals surface area contributed by atoms with Crippen LogP contribution in [0.2, 0.25) is 0 Å². The standard InChI is InChI=1S/C26H24BrN7O2/c1-2-6-22-21(15-29-34(22)19-7-4-3-5-8-19)26(35)28-14-17-9-11-20-18(13-17)10-12-23(25(20)27)36-16-24-30-32-33-31-24/h3-5,7-13,15H,2,6,14,16H2,1H3,(H,28,35)(H,30,31,32,33). The lowest BCUT2D eigenvalue weighted by Gasteiger charge is -2.11. The number of para-hydroxylation sites is 1. The zero-order valence-corrected chi connectivity index (χ0v) is 21.2. The maximum atomic E-state index is 13.1. The first-order valence-electron chi connectivity index (χ1n) is 11.6. The van der Waals surface area contributed by atoms with Crippen LogP contribution in [0, 0.1) is 0 Å². The molecule has 2 N–H and O–H groups in total. The number of tetrazole rings is 1. The minimum Gasteiger partial charge on any atom is -0.484 e. The molecule has 3 aromatic carbocycles. The van der Waals surface area contributed by atoms with Crippen LogP contribution in [0.4, 0.5) is 0 Å². The molecule has 0 aliphatic carbocycles. The van der Waals surface area contributed by atoms with E-state index in [1.165, 1.54) is 0 Å². The highest BCUT2D eigenvalue weighted by atomic mass is 79.9. The van der Waals surface area contributed by atoms with Gasteiger partial charge in [-0.05, 0) is 63.0 Å². The quantitative estimate of drug-likeness (QED) is 0.276. The van der Waals surface area contributed by atoms with Crippen molar-refractivity contribution in [3.8, 4) is 11.4 Å². The fraction of sp³-hybridized carbons (Fsp3) is 0.192. The van der Waals surface area contributed by atoms with Crippen molar-refractivity contribution in [2.24, 2.45) is 0 Å². The molecule has 36 heavy (non-hydrogen) atoms. The Morgan fingerprint density at radius 2 is 2.00 bits per heavy atom. The number of hydrogen-bond acceptors (Lipinski definition) is 6. The predicted molar refractivity (Wildman–Crippen MR) is 139 cm³/mol. The first-order valence-corrected chi connectivity index (χ1v) is 12.4. The highest BCUT2D eigenvalue weighted by Crippen LogP contribution is 2.34. The van der Waals surface area contributed by atoms with E-state index in [-0.39, 0.29) is 12.5 Å². The number of carbonyl (C=O) groups excluding carboxylic acids is 1. The Bertz CT molecular complexity index is 1480. The number of fused-ring (bicyclic) bond motifs is 1. The Labute approximate surface area is 216 Å². The van der Waals surface area contributed by atoms with Crippen molar-refractivity contribution in [1.82, 2.24) is 35.7 Å². The van der Waals surface area contributed by atoms with Crippen molar-refractivity contribution < 1.29 is 9.53 Å². The van der Waals surface area contributed by atoms with Crippen molar-refractivity contribution in [3.63, 3.8) is 0 Å². The first-order chi connectivity index (χ1) is 17.6. The van der Waals surface area contributed by atoms with E-state index in [1.807, 2.05) is 59.3 Å². The van der Waals surface area contributed by atoms with Crippen molar-refractivity contribution in [1.29, 1.82) is 0 Å². The third kappa shape index (κ3) is 4.99. The van der Waals surface area contributed by atoms with Crippen LogP contribution in [0.5, 0.6) is 5.75 Å². The van der Waals surface area contributed by atoms with Gasteiger partial charge in [-0.25, -0.2) is 4.68 Å². The van der Waals surface area contributed by atoms with Gasteiger partial charge in [0.25, 0.3) is 5.91 Å². The minimum atomic E-state index is -0.132. The Morgan fingerprint density at radius 1 is 1.14 bits per heavy atom. The number of aromatic nitrogens is 6. The van der Waals surface area contributed by atoms with Crippen molar-refractivity contribution in [2.45, 2.75) is 32.9 Å². The number of halogens is 1. The molecule has 182 valence electrons. The molecule has 0 atom stereocenters. The average Bonchev–Trinajstić information content (AvgIpc) is 3.58. The molecule has 0 aliphatic heterocycles. The molecule has 10 heteroatoms. The van der Waals surface area contributed by atoms with Gasteiger partial charge in [0.2, 0.25) is 5.82 Å². The number of aromatic amines is 1. The van der Waals surface area contributed by atoms with Gasteiger partial charge in [-0.3, -0.25) is 4.79 Å². The Morgan fingerprint density at radius 3 is 2.78 bits per heavy atom.